The van der Waals surface area contributed by atoms with Crippen molar-refractivity contribution < 1.29 is 24.2 Å². The molecule has 1 saturated carbocycles. The molecule has 1 aromatic carbocycles. The van der Waals surface area contributed by atoms with Crippen molar-refractivity contribution in [1.82, 2.24) is 10.6 Å². The summed E-state index contributed by atoms with van der Waals surface area (Å²) in [5.41, 5.74) is 0.459. The van der Waals surface area contributed by atoms with Crippen LogP contribution in [0.2, 0.25) is 0 Å². The fraction of sp³-hybridized carbons (Fsp3) is 0.600. The second-order valence-corrected chi connectivity index (χ2v) is 7.97. The molecule has 150 valence electrons. The molecule has 1 aromatic rings. The van der Waals surface area contributed by atoms with E-state index < -0.39 is 23.9 Å². The maximum atomic E-state index is 11.9. The Labute approximate surface area is 160 Å². The zero-order chi connectivity index (χ0) is 19.9. The Morgan fingerprint density at radius 2 is 1.85 bits per heavy atom. The van der Waals surface area contributed by atoms with E-state index in [1.807, 2.05) is 51.1 Å². The summed E-state index contributed by atoms with van der Waals surface area (Å²) < 4.78 is 10.5. The minimum atomic E-state index is -0.548. The van der Waals surface area contributed by atoms with Gasteiger partial charge in [-0.15, -0.1) is 0 Å². The summed E-state index contributed by atoms with van der Waals surface area (Å²) in [5.74, 6) is 0.295. The van der Waals surface area contributed by atoms with Gasteiger partial charge in [0.1, 0.15) is 11.7 Å². The van der Waals surface area contributed by atoms with Crippen molar-refractivity contribution in [2.75, 3.05) is 6.61 Å². The van der Waals surface area contributed by atoms with Gasteiger partial charge in [0.25, 0.3) is 0 Å². The number of carbonyl (C=O) groups is 2. The highest BCUT2D eigenvalue weighted by molar-refractivity contribution is 5.68. The van der Waals surface area contributed by atoms with Crippen LogP contribution < -0.4 is 10.6 Å². The SMILES string of the molecule is CC(C)(C)OC(=O)NC1CC(C[C@H](CO)OC(=O)NCc2ccccc2)C1. The number of aliphatic hydroxyl groups is 1. The molecule has 1 fully saturated rings. The van der Waals surface area contributed by atoms with Gasteiger partial charge >= 0.3 is 12.2 Å². The molecule has 0 radical (unpaired) electrons. The average Bonchev–Trinajstić information content (AvgIpc) is 2.56. The van der Waals surface area contributed by atoms with Crippen molar-refractivity contribution in [1.29, 1.82) is 0 Å². The number of alkyl carbamates (subject to hydrolysis) is 2. The Kier molecular flexibility index (Phi) is 7.47. The number of rotatable bonds is 7. The summed E-state index contributed by atoms with van der Waals surface area (Å²) in [5, 5.41) is 15.0. The normalized spacial score (nSPS) is 20.1. The summed E-state index contributed by atoms with van der Waals surface area (Å²) in [6.45, 7) is 5.62. The molecule has 2 amide bonds. The van der Waals surface area contributed by atoms with Crippen molar-refractivity contribution in [2.45, 2.75) is 64.3 Å². The third-order valence-electron chi connectivity index (χ3n) is 4.31. The molecule has 0 aromatic heterocycles. The molecule has 1 atom stereocenters. The molecule has 0 aliphatic heterocycles. The van der Waals surface area contributed by atoms with Crippen LogP contribution >= 0.6 is 0 Å². The molecule has 27 heavy (non-hydrogen) atoms. The standard InChI is InChI=1S/C20H30N2O5/c1-20(2,3)27-19(25)22-16-9-15(10-16)11-17(13-23)26-18(24)21-12-14-7-5-4-6-8-14/h4-8,15-17,23H,9-13H2,1-3H3,(H,21,24)(H,22,25)/t15?,16?,17-/m1/s1. The molecule has 0 saturated heterocycles. The number of hydrogen-bond donors (Lipinski definition) is 3. The largest absolute Gasteiger partial charge is 0.444 e. The van der Waals surface area contributed by atoms with Crippen LogP contribution in [0.4, 0.5) is 9.59 Å². The summed E-state index contributed by atoms with van der Waals surface area (Å²) >= 11 is 0. The lowest BCUT2D eigenvalue weighted by atomic mass is 9.77. The predicted molar refractivity (Wildman–Crippen MR) is 101 cm³/mol. The lowest BCUT2D eigenvalue weighted by molar-refractivity contribution is 0.0239. The number of aliphatic hydroxyl groups excluding tert-OH is 1. The molecule has 1 aliphatic rings. The summed E-state index contributed by atoms with van der Waals surface area (Å²) in [4.78, 5) is 23.6. The Morgan fingerprint density at radius 1 is 1.19 bits per heavy atom. The predicted octanol–water partition coefficient (Wildman–Crippen LogP) is 2.97. The van der Waals surface area contributed by atoms with Crippen LogP contribution in [0.15, 0.2) is 30.3 Å². The second-order valence-electron chi connectivity index (χ2n) is 7.97. The topological polar surface area (TPSA) is 96.9 Å². The third kappa shape index (κ3) is 7.86. The average molecular weight is 378 g/mol. The number of carbonyl (C=O) groups excluding carboxylic acids is 2. The quantitative estimate of drug-likeness (QED) is 0.678. The zero-order valence-electron chi connectivity index (χ0n) is 16.2. The van der Waals surface area contributed by atoms with E-state index in [1.54, 1.807) is 0 Å². The number of ether oxygens (including phenoxy) is 2. The van der Waals surface area contributed by atoms with Crippen molar-refractivity contribution >= 4 is 12.2 Å². The van der Waals surface area contributed by atoms with Crippen molar-refractivity contribution in [3.05, 3.63) is 35.9 Å². The fourth-order valence-corrected chi connectivity index (χ4v) is 3.02. The first-order valence-corrected chi connectivity index (χ1v) is 9.34. The van der Waals surface area contributed by atoms with Gasteiger partial charge < -0.3 is 25.2 Å². The van der Waals surface area contributed by atoms with Gasteiger partial charge in [0.2, 0.25) is 0 Å². The van der Waals surface area contributed by atoms with E-state index in [-0.39, 0.29) is 12.6 Å². The maximum absolute atomic E-state index is 11.9. The molecule has 7 nitrogen and oxygen atoms in total. The van der Waals surface area contributed by atoms with Crippen LogP contribution in [0.5, 0.6) is 0 Å². The summed E-state index contributed by atoms with van der Waals surface area (Å²) in [6, 6.07) is 9.60. The number of amides is 2. The minimum absolute atomic E-state index is 0.0658. The third-order valence-corrected chi connectivity index (χ3v) is 4.31. The van der Waals surface area contributed by atoms with Gasteiger partial charge in [0.15, 0.2) is 0 Å². The van der Waals surface area contributed by atoms with Gasteiger partial charge in [-0.25, -0.2) is 9.59 Å². The summed E-state index contributed by atoms with van der Waals surface area (Å²) in [7, 11) is 0. The van der Waals surface area contributed by atoms with Crippen LogP contribution in [0.1, 0.15) is 45.6 Å². The molecule has 3 N–H and O–H groups in total. The van der Waals surface area contributed by atoms with E-state index >= 15 is 0 Å². The number of nitrogens with one attached hydrogen (secondary N) is 2. The smallest absolute Gasteiger partial charge is 0.407 e. The van der Waals surface area contributed by atoms with Crippen molar-refractivity contribution in [2.24, 2.45) is 5.92 Å². The second kappa shape index (κ2) is 9.60. The van der Waals surface area contributed by atoms with E-state index in [9.17, 15) is 14.7 Å². The van der Waals surface area contributed by atoms with E-state index in [2.05, 4.69) is 10.6 Å². The number of benzene rings is 1. The van der Waals surface area contributed by atoms with E-state index in [4.69, 9.17) is 9.47 Å². The van der Waals surface area contributed by atoms with E-state index in [0.29, 0.717) is 18.9 Å². The van der Waals surface area contributed by atoms with Gasteiger partial charge in [-0.3, -0.25) is 0 Å². The molecule has 1 aliphatic carbocycles. The monoisotopic (exact) mass is 378 g/mol. The summed E-state index contributed by atoms with van der Waals surface area (Å²) in [6.07, 6.45) is 0.632. The van der Waals surface area contributed by atoms with E-state index in [0.717, 1.165) is 18.4 Å². The molecule has 2 rings (SSSR count). The lowest BCUT2D eigenvalue weighted by Gasteiger charge is -2.37. The highest BCUT2D eigenvalue weighted by atomic mass is 16.6. The van der Waals surface area contributed by atoms with Gasteiger partial charge in [-0.05, 0) is 51.5 Å². The van der Waals surface area contributed by atoms with Crippen molar-refractivity contribution in [3.8, 4) is 0 Å². The van der Waals surface area contributed by atoms with Crippen LogP contribution in [-0.2, 0) is 16.0 Å². The highest BCUT2D eigenvalue weighted by Gasteiger charge is 2.33. The van der Waals surface area contributed by atoms with Crippen LogP contribution in [0.3, 0.4) is 0 Å². The Morgan fingerprint density at radius 3 is 2.44 bits per heavy atom. The lowest BCUT2D eigenvalue weighted by Crippen LogP contribution is -2.47. The van der Waals surface area contributed by atoms with Gasteiger partial charge in [-0.1, -0.05) is 30.3 Å². The molecule has 0 bridgehead atoms. The minimum Gasteiger partial charge on any atom is -0.444 e. The molecular formula is C20H30N2O5. The van der Waals surface area contributed by atoms with Crippen LogP contribution in [0.25, 0.3) is 0 Å². The maximum Gasteiger partial charge on any atom is 0.407 e. The Bertz CT molecular complexity index is 609. The molecule has 0 spiro atoms. The zero-order valence-corrected chi connectivity index (χ0v) is 16.2. The molecule has 0 heterocycles. The molecular weight excluding hydrogens is 348 g/mol. The van der Waals surface area contributed by atoms with Crippen LogP contribution in [-0.4, -0.2) is 41.6 Å². The fourth-order valence-electron chi connectivity index (χ4n) is 3.02. The number of hydrogen-bond acceptors (Lipinski definition) is 5. The van der Waals surface area contributed by atoms with Gasteiger partial charge in [0.05, 0.1) is 6.61 Å². The van der Waals surface area contributed by atoms with Gasteiger partial charge in [-0.2, -0.15) is 0 Å². The van der Waals surface area contributed by atoms with E-state index in [1.165, 1.54) is 0 Å². The molecule has 0 unspecified atom stereocenters. The first-order chi connectivity index (χ1) is 12.7. The van der Waals surface area contributed by atoms with Crippen molar-refractivity contribution in [3.63, 3.8) is 0 Å². The molecule has 7 heteroatoms. The first-order valence-electron chi connectivity index (χ1n) is 9.34. The highest BCUT2D eigenvalue weighted by Crippen LogP contribution is 2.32. The first kappa shape index (κ1) is 21.0. The van der Waals surface area contributed by atoms with Gasteiger partial charge in [0, 0.05) is 12.6 Å². The van der Waals surface area contributed by atoms with Crippen LogP contribution in [0, 0.1) is 5.92 Å². The Hall–Kier alpha value is -2.28. The Balaban J connectivity index is 1.64.